The average molecular weight is 477 g/mol. The lowest BCUT2D eigenvalue weighted by Crippen LogP contribution is -2.02. The van der Waals surface area contributed by atoms with Crippen LogP contribution in [0.2, 0.25) is 0 Å². The molecular weight excluding hydrogens is 456 g/mol. The van der Waals surface area contributed by atoms with Crippen molar-refractivity contribution in [3.05, 3.63) is 149 Å². The van der Waals surface area contributed by atoms with Gasteiger partial charge in [0.1, 0.15) is 5.75 Å². The molecule has 8 bridgehead atoms. The molecule has 0 spiro atoms. The Labute approximate surface area is 214 Å². The second kappa shape index (κ2) is 8.50. The zero-order valence-corrected chi connectivity index (χ0v) is 19.7. The molecule has 5 aliphatic rings. The Morgan fingerprint density at radius 1 is 0.486 bits per heavy atom. The second-order valence-corrected chi connectivity index (χ2v) is 8.94. The van der Waals surface area contributed by atoms with Crippen molar-refractivity contribution in [3.8, 4) is 5.75 Å². The summed E-state index contributed by atoms with van der Waals surface area (Å²) in [4.78, 5) is 19.6. The quantitative estimate of drug-likeness (QED) is 0.540. The van der Waals surface area contributed by atoms with Crippen molar-refractivity contribution in [2.24, 2.45) is 20.0 Å². The van der Waals surface area contributed by atoms with Crippen LogP contribution in [0, 0.1) is 0 Å². The van der Waals surface area contributed by atoms with Gasteiger partial charge in [-0.05, 0) is 72.4 Å². The van der Waals surface area contributed by atoms with Crippen LogP contribution in [0.4, 0.5) is 0 Å². The van der Waals surface area contributed by atoms with E-state index in [1.54, 1.807) is 6.07 Å². The number of phenols is 1. The van der Waals surface area contributed by atoms with E-state index in [2.05, 4.69) is 12.1 Å². The Balaban J connectivity index is 1.52. The van der Waals surface area contributed by atoms with E-state index < -0.39 is 0 Å². The van der Waals surface area contributed by atoms with Crippen molar-refractivity contribution in [1.29, 1.82) is 0 Å². The first-order valence-corrected chi connectivity index (χ1v) is 12.0. The maximum atomic E-state index is 10.8. The highest BCUT2D eigenvalue weighted by molar-refractivity contribution is 6.36. The number of nitrogens with zero attached hydrogens (tertiary/aromatic N) is 4. The molecule has 2 aromatic carbocycles. The molecule has 7 rings (SSSR count). The van der Waals surface area contributed by atoms with E-state index in [4.69, 9.17) is 20.0 Å². The molecule has 5 aliphatic heterocycles. The van der Waals surface area contributed by atoms with Gasteiger partial charge in [0.15, 0.2) is 0 Å². The van der Waals surface area contributed by atoms with Crippen LogP contribution in [-0.4, -0.2) is 28.0 Å². The predicted molar refractivity (Wildman–Crippen MR) is 151 cm³/mol. The zero-order chi connectivity index (χ0) is 24.8. The van der Waals surface area contributed by atoms with Crippen molar-refractivity contribution in [2.45, 2.75) is 0 Å². The number of hydrogen-bond donors (Lipinski definition) is 1. The normalized spacial score (nSPS) is 19.2. The van der Waals surface area contributed by atoms with Gasteiger partial charge in [-0.3, -0.25) is 0 Å². The first-order chi connectivity index (χ1) is 18.2. The number of phenolic OH excluding ortho intramolecular Hbond substituents is 1. The fourth-order valence-corrected chi connectivity index (χ4v) is 4.82. The van der Waals surface area contributed by atoms with E-state index in [9.17, 15) is 5.11 Å². The number of fused-ring (bicyclic) bond motifs is 4. The molecule has 0 aliphatic carbocycles. The first-order valence-electron chi connectivity index (χ1n) is 12.0. The van der Waals surface area contributed by atoms with E-state index in [0.29, 0.717) is 5.56 Å². The lowest BCUT2D eigenvalue weighted by molar-refractivity contribution is 0.474. The van der Waals surface area contributed by atoms with Gasteiger partial charge in [-0.25, -0.2) is 20.0 Å². The van der Waals surface area contributed by atoms with Crippen LogP contribution in [0.15, 0.2) is 158 Å². The molecule has 0 aromatic heterocycles. The summed E-state index contributed by atoms with van der Waals surface area (Å²) in [7, 11) is 0. The molecule has 0 atom stereocenters. The molecule has 5 nitrogen and oxygen atoms in total. The van der Waals surface area contributed by atoms with Crippen LogP contribution >= 0.6 is 0 Å². The van der Waals surface area contributed by atoms with Crippen molar-refractivity contribution in [2.75, 3.05) is 0 Å². The largest absolute Gasteiger partial charge is 0.507 e. The predicted octanol–water partition coefficient (Wildman–Crippen LogP) is 6.34. The van der Waals surface area contributed by atoms with Crippen molar-refractivity contribution in [1.82, 2.24) is 0 Å². The SMILES string of the molecule is Oc1ccccc1C1=C2C=CC(=N2)C(c2ccccc2)=C2C=CC(=N2)C=C2C=CC(=N2)C=C2C=CC1=N2. The maximum absolute atomic E-state index is 10.8. The Morgan fingerprint density at radius 3 is 1.97 bits per heavy atom. The van der Waals surface area contributed by atoms with Crippen molar-refractivity contribution in [3.63, 3.8) is 0 Å². The van der Waals surface area contributed by atoms with Gasteiger partial charge in [0, 0.05) is 16.7 Å². The standard InChI is InChI=1S/C32H20N4O/c37-30-9-5-4-8-25(30)32-28-15-13-24(35-28)19-22-11-10-21(33-22)18-23-12-14-26(34-23)31(20-6-2-1-3-7-20)27-16-17-29(32)36-27/h1-19,37H. The summed E-state index contributed by atoms with van der Waals surface area (Å²) in [6.45, 7) is 0. The molecule has 0 saturated carbocycles. The van der Waals surface area contributed by atoms with Gasteiger partial charge in [0.05, 0.1) is 45.6 Å². The number of rotatable bonds is 2. The molecular formula is C32H20N4O. The minimum atomic E-state index is 0.178. The molecule has 0 fully saturated rings. The van der Waals surface area contributed by atoms with E-state index in [1.165, 1.54) is 0 Å². The summed E-state index contributed by atoms with van der Waals surface area (Å²) < 4.78 is 0. The Bertz CT molecular complexity index is 1750. The summed E-state index contributed by atoms with van der Waals surface area (Å²) >= 11 is 0. The minimum Gasteiger partial charge on any atom is -0.507 e. The number of allylic oxidation sites excluding steroid dienone is 12. The molecule has 2 aromatic rings. The third kappa shape index (κ3) is 3.83. The Morgan fingerprint density at radius 2 is 1.11 bits per heavy atom. The first kappa shape index (κ1) is 21.1. The summed E-state index contributed by atoms with van der Waals surface area (Å²) in [6, 6.07) is 17.5. The number of aromatic hydroxyl groups is 1. The number of aliphatic imine (C=N–C) groups is 4. The topological polar surface area (TPSA) is 69.7 Å². The van der Waals surface area contributed by atoms with Crippen molar-refractivity contribution < 1.29 is 5.11 Å². The lowest BCUT2D eigenvalue weighted by atomic mass is 9.98. The van der Waals surface area contributed by atoms with Crippen LogP contribution in [0.25, 0.3) is 11.1 Å². The van der Waals surface area contributed by atoms with Gasteiger partial charge in [-0.1, -0.05) is 48.5 Å². The van der Waals surface area contributed by atoms with Crippen LogP contribution in [0.3, 0.4) is 0 Å². The molecule has 0 amide bonds. The molecule has 5 heterocycles. The molecule has 1 N–H and O–H groups in total. The molecule has 0 saturated heterocycles. The fourth-order valence-electron chi connectivity index (χ4n) is 4.82. The molecule has 0 unspecified atom stereocenters. The lowest BCUT2D eigenvalue weighted by Gasteiger charge is -2.11. The highest BCUT2D eigenvalue weighted by atomic mass is 16.3. The van der Waals surface area contributed by atoms with E-state index in [0.717, 1.165) is 62.3 Å². The van der Waals surface area contributed by atoms with E-state index in [-0.39, 0.29) is 5.75 Å². The van der Waals surface area contributed by atoms with Crippen LogP contribution in [0.5, 0.6) is 5.75 Å². The van der Waals surface area contributed by atoms with Gasteiger partial charge < -0.3 is 5.11 Å². The van der Waals surface area contributed by atoms with Crippen LogP contribution in [-0.2, 0) is 0 Å². The van der Waals surface area contributed by atoms with Crippen molar-refractivity contribution >= 4 is 34.0 Å². The van der Waals surface area contributed by atoms with Gasteiger partial charge in [-0.2, -0.15) is 0 Å². The van der Waals surface area contributed by atoms with Gasteiger partial charge in [-0.15, -0.1) is 0 Å². The summed E-state index contributed by atoms with van der Waals surface area (Å²) in [5.74, 6) is 0.178. The van der Waals surface area contributed by atoms with Crippen LogP contribution in [0.1, 0.15) is 11.1 Å². The maximum Gasteiger partial charge on any atom is 0.123 e. The summed E-state index contributed by atoms with van der Waals surface area (Å²) in [5, 5.41) is 10.8. The van der Waals surface area contributed by atoms with Crippen LogP contribution < -0.4 is 0 Å². The highest BCUT2D eigenvalue weighted by Crippen LogP contribution is 2.36. The second-order valence-electron chi connectivity index (χ2n) is 8.94. The monoisotopic (exact) mass is 476 g/mol. The third-order valence-electron chi connectivity index (χ3n) is 6.50. The Hall–Kier alpha value is -5.16. The fraction of sp³-hybridized carbons (Fsp3) is 0. The number of para-hydroxylation sites is 1. The highest BCUT2D eigenvalue weighted by Gasteiger charge is 2.24. The molecule has 0 radical (unpaired) electrons. The third-order valence-corrected chi connectivity index (χ3v) is 6.50. The molecule has 37 heavy (non-hydrogen) atoms. The van der Waals surface area contributed by atoms with Gasteiger partial charge in [0.25, 0.3) is 0 Å². The number of benzene rings is 2. The van der Waals surface area contributed by atoms with E-state index >= 15 is 0 Å². The minimum absolute atomic E-state index is 0.178. The van der Waals surface area contributed by atoms with E-state index in [1.807, 2.05) is 97.2 Å². The number of hydrogen-bond acceptors (Lipinski definition) is 5. The van der Waals surface area contributed by atoms with Gasteiger partial charge >= 0.3 is 0 Å². The smallest absolute Gasteiger partial charge is 0.123 e. The Kier molecular flexibility index (Phi) is 4.86. The summed E-state index contributed by atoms with van der Waals surface area (Å²) in [5.41, 5.74) is 9.80. The zero-order valence-electron chi connectivity index (χ0n) is 19.7. The summed E-state index contributed by atoms with van der Waals surface area (Å²) in [6.07, 6.45) is 19.8. The molecule has 174 valence electrons. The molecule has 5 heteroatoms. The van der Waals surface area contributed by atoms with Gasteiger partial charge in [0.2, 0.25) is 0 Å². The average Bonchev–Trinajstić information content (AvgIpc) is 3.72.